The van der Waals surface area contributed by atoms with Gasteiger partial charge in [-0.05, 0) is 30.3 Å². The molecule has 0 fully saturated rings. The summed E-state index contributed by atoms with van der Waals surface area (Å²) >= 11 is 6.12. The van der Waals surface area contributed by atoms with E-state index in [9.17, 15) is 14.7 Å². The molecule has 0 saturated heterocycles. The Morgan fingerprint density at radius 2 is 2.08 bits per heavy atom. The molecular weight excluding hydrogens is 358 g/mol. The monoisotopic (exact) mass is 379 g/mol. The highest BCUT2D eigenvalue weighted by molar-refractivity contribution is 6.34. The molecule has 0 spiro atoms. The van der Waals surface area contributed by atoms with E-state index in [0.717, 1.165) is 5.76 Å². The van der Waals surface area contributed by atoms with E-state index in [4.69, 9.17) is 16.0 Å². The van der Waals surface area contributed by atoms with Crippen LogP contribution in [0.25, 0.3) is 0 Å². The maximum Gasteiger partial charge on any atom is 0.319 e. The van der Waals surface area contributed by atoms with E-state index in [-0.39, 0.29) is 30.0 Å². The molecular formula is C18H22ClN3O4. The molecule has 1 atom stereocenters. The molecule has 0 radical (unpaired) electrons. The summed E-state index contributed by atoms with van der Waals surface area (Å²) in [5, 5.41) is 15.0. The molecule has 7 nitrogen and oxygen atoms in total. The van der Waals surface area contributed by atoms with Gasteiger partial charge in [0.2, 0.25) is 0 Å². The Kier molecular flexibility index (Phi) is 7.06. The zero-order valence-corrected chi connectivity index (χ0v) is 15.4. The molecule has 0 bridgehead atoms. The van der Waals surface area contributed by atoms with Crippen molar-refractivity contribution in [1.82, 2.24) is 10.2 Å². The van der Waals surface area contributed by atoms with Crippen LogP contribution in [0.15, 0.2) is 41.0 Å². The second-order valence-corrected chi connectivity index (χ2v) is 6.47. The van der Waals surface area contributed by atoms with Crippen molar-refractivity contribution in [2.75, 3.05) is 32.6 Å². The summed E-state index contributed by atoms with van der Waals surface area (Å²) in [4.78, 5) is 25.4. The lowest BCUT2D eigenvalue weighted by molar-refractivity contribution is 0.0828. The third kappa shape index (κ3) is 5.50. The summed E-state index contributed by atoms with van der Waals surface area (Å²) in [7, 11) is 3.27. The fourth-order valence-electron chi connectivity index (χ4n) is 2.33. The van der Waals surface area contributed by atoms with Gasteiger partial charge in [-0.3, -0.25) is 4.79 Å². The molecule has 26 heavy (non-hydrogen) atoms. The van der Waals surface area contributed by atoms with Crippen LogP contribution in [-0.2, 0) is 6.42 Å². The number of amides is 3. The van der Waals surface area contributed by atoms with Gasteiger partial charge in [0.15, 0.2) is 0 Å². The number of furan rings is 1. The number of benzene rings is 1. The summed E-state index contributed by atoms with van der Waals surface area (Å²) in [6, 6.07) is 7.86. The van der Waals surface area contributed by atoms with Gasteiger partial charge in [0, 0.05) is 45.3 Å². The van der Waals surface area contributed by atoms with Gasteiger partial charge < -0.3 is 25.1 Å². The van der Waals surface area contributed by atoms with Crippen LogP contribution in [0.4, 0.5) is 10.5 Å². The second-order valence-electron chi connectivity index (χ2n) is 6.06. The van der Waals surface area contributed by atoms with Gasteiger partial charge >= 0.3 is 6.03 Å². The molecule has 1 aromatic carbocycles. The first-order valence-electron chi connectivity index (χ1n) is 8.10. The standard InChI is InChI=1S/C18H22ClN3O4/c1-22(2)17(24)15-6-5-13(9-16(15)19)21-18(25)20-10-12(11-23)8-14-4-3-7-26-14/h3-7,9,12,23H,8,10-11H2,1-2H3,(H2,20,21,25)/t12-/m0/s1. The van der Waals surface area contributed by atoms with Gasteiger partial charge in [-0.2, -0.15) is 0 Å². The number of hydrogen-bond donors (Lipinski definition) is 3. The summed E-state index contributed by atoms with van der Waals surface area (Å²) in [5.74, 6) is 0.379. The number of urea groups is 1. The Labute approximate surface area is 156 Å². The third-order valence-electron chi connectivity index (χ3n) is 3.74. The summed E-state index contributed by atoms with van der Waals surface area (Å²) in [5.41, 5.74) is 0.829. The zero-order valence-electron chi connectivity index (χ0n) is 14.7. The number of anilines is 1. The smallest absolute Gasteiger partial charge is 0.319 e. The second kappa shape index (κ2) is 9.26. The van der Waals surface area contributed by atoms with E-state index < -0.39 is 6.03 Å². The highest BCUT2D eigenvalue weighted by Crippen LogP contribution is 2.22. The molecule has 0 aliphatic rings. The van der Waals surface area contributed by atoms with E-state index in [2.05, 4.69) is 10.6 Å². The van der Waals surface area contributed by atoms with Crippen molar-refractivity contribution in [2.24, 2.45) is 5.92 Å². The predicted molar refractivity (Wildman–Crippen MR) is 99.5 cm³/mol. The van der Waals surface area contributed by atoms with Crippen molar-refractivity contribution < 1.29 is 19.1 Å². The molecule has 0 aliphatic carbocycles. The maximum absolute atomic E-state index is 12.0. The zero-order chi connectivity index (χ0) is 19.1. The fraction of sp³-hybridized carbons (Fsp3) is 0.333. The number of aliphatic hydroxyl groups excluding tert-OH is 1. The number of carbonyl (C=O) groups is 2. The quantitative estimate of drug-likeness (QED) is 0.689. The highest BCUT2D eigenvalue weighted by Gasteiger charge is 2.15. The number of nitrogens with zero attached hydrogens (tertiary/aromatic N) is 1. The minimum atomic E-state index is -0.425. The van der Waals surface area contributed by atoms with Gasteiger partial charge in [-0.15, -0.1) is 0 Å². The molecule has 0 unspecified atom stereocenters. The predicted octanol–water partition coefficient (Wildman–Crippen LogP) is 2.61. The van der Waals surface area contributed by atoms with Crippen LogP contribution < -0.4 is 10.6 Å². The number of hydrogen-bond acceptors (Lipinski definition) is 4. The fourth-order valence-corrected chi connectivity index (χ4v) is 2.60. The summed E-state index contributed by atoms with van der Waals surface area (Å²) in [6.07, 6.45) is 2.09. The molecule has 0 saturated carbocycles. The molecule has 2 rings (SSSR count). The minimum absolute atomic E-state index is 0.0752. The van der Waals surface area contributed by atoms with Crippen molar-refractivity contribution >= 4 is 29.2 Å². The number of aliphatic hydroxyl groups is 1. The van der Waals surface area contributed by atoms with Gasteiger partial charge in [-0.25, -0.2) is 4.79 Å². The summed E-state index contributed by atoms with van der Waals surface area (Å²) in [6.45, 7) is 0.210. The molecule has 8 heteroatoms. The van der Waals surface area contributed by atoms with E-state index in [1.54, 1.807) is 38.6 Å². The van der Waals surface area contributed by atoms with Crippen molar-refractivity contribution in [2.45, 2.75) is 6.42 Å². The summed E-state index contributed by atoms with van der Waals surface area (Å²) < 4.78 is 5.24. The first-order valence-corrected chi connectivity index (χ1v) is 8.47. The largest absolute Gasteiger partial charge is 0.469 e. The highest BCUT2D eigenvalue weighted by atomic mass is 35.5. The third-order valence-corrected chi connectivity index (χ3v) is 4.06. The van der Waals surface area contributed by atoms with Crippen LogP contribution in [0.5, 0.6) is 0 Å². The van der Waals surface area contributed by atoms with Crippen LogP contribution >= 0.6 is 11.6 Å². The molecule has 140 valence electrons. The van der Waals surface area contributed by atoms with Crippen LogP contribution in [0.1, 0.15) is 16.1 Å². The lowest BCUT2D eigenvalue weighted by atomic mass is 10.1. The molecule has 3 amide bonds. The Hall–Kier alpha value is -2.51. The number of rotatable bonds is 7. The van der Waals surface area contributed by atoms with E-state index in [1.807, 2.05) is 6.07 Å². The van der Waals surface area contributed by atoms with Gasteiger partial charge in [0.25, 0.3) is 5.91 Å². The SMILES string of the molecule is CN(C)C(=O)c1ccc(NC(=O)NC[C@@H](CO)Cc2ccco2)cc1Cl. The normalized spacial score (nSPS) is 11.7. The van der Waals surface area contributed by atoms with E-state index in [0.29, 0.717) is 17.7 Å². The molecule has 3 N–H and O–H groups in total. The first-order chi connectivity index (χ1) is 12.4. The molecule has 1 heterocycles. The average molecular weight is 380 g/mol. The van der Waals surface area contributed by atoms with Gasteiger partial charge in [0.05, 0.1) is 16.8 Å². The van der Waals surface area contributed by atoms with Crippen molar-refractivity contribution in [1.29, 1.82) is 0 Å². The van der Waals surface area contributed by atoms with Crippen LogP contribution in [0.3, 0.4) is 0 Å². The molecule has 2 aromatic rings. The van der Waals surface area contributed by atoms with Crippen LogP contribution in [0.2, 0.25) is 5.02 Å². The van der Waals surface area contributed by atoms with Crippen molar-refractivity contribution in [3.8, 4) is 0 Å². The lowest BCUT2D eigenvalue weighted by Gasteiger charge is -2.15. The van der Waals surface area contributed by atoms with Crippen LogP contribution in [-0.4, -0.2) is 49.2 Å². The maximum atomic E-state index is 12.0. The Morgan fingerprint density at radius 1 is 1.31 bits per heavy atom. The minimum Gasteiger partial charge on any atom is -0.469 e. The van der Waals surface area contributed by atoms with E-state index >= 15 is 0 Å². The Bertz CT molecular complexity index is 747. The van der Waals surface area contributed by atoms with Gasteiger partial charge in [-0.1, -0.05) is 11.6 Å². The number of nitrogens with one attached hydrogen (secondary N) is 2. The number of carbonyl (C=O) groups excluding carboxylic acids is 2. The molecule has 0 aliphatic heterocycles. The average Bonchev–Trinajstić information content (AvgIpc) is 3.11. The van der Waals surface area contributed by atoms with Gasteiger partial charge in [0.1, 0.15) is 5.76 Å². The lowest BCUT2D eigenvalue weighted by Crippen LogP contribution is -2.35. The van der Waals surface area contributed by atoms with E-state index in [1.165, 1.54) is 11.0 Å². The van der Waals surface area contributed by atoms with Crippen molar-refractivity contribution in [3.05, 3.63) is 52.9 Å². The Morgan fingerprint density at radius 3 is 2.65 bits per heavy atom. The number of halogens is 1. The first kappa shape index (κ1) is 19.8. The van der Waals surface area contributed by atoms with Crippen molar-refractivity contribution in [3.63, 3.8) is 0 Å². The topological polar surface area (TPSA) is 94.8 Å². The van der Waals surface area contributed by atoms with Crippen LogP contribution in [0, 0.1) is 5.92 Å². The molecule has 1 aromatic heterocycles. The Balaban J connectivity index is 1.89.